The maximum absolute atomic E-state index is 13.1. The number of benzene rings is 1. The summed E-state index contributed by atoms with van der Waals surface area (Å²) in [6.07, 6.45) is 0.852. The minimum absolute atomic E-state index is 0.0469. The molecule has 0 aliphatic heterocycles. The maximum Gasteiger partial charge on any atom is 0.191 e. The van der Waals surface area contributed by atoms with Crippen LogP contribution in [-0.4, -0.2) is 19.0 Å². The first kappa shape index (κ1) is 10.9. The van der Waals surface area contributed by atoms with Gasteiger partial charge in [0.1, 0.15) is 12.4 Å². The normalized spacial score (nSPS) is 10.1. The maximum atomic E-state index is 13.1. The van der Waals surface area contributed by atoms with E-state index in [0.29, 0.717) is 6.61 Å². The highest BCUT2D eigenvalue weighted by atomic mass is 19.1. The quantitative estimate of drug-likeness (QED) is 0.534. The van der Waals surface area contributed by atoms with Crippen molar-refractivity contribution in [3.63, 3.8) is 0 Å². The molecule has 0 fully saturated rings. The number of hydrogen-bond donors (Lipinski definition) is 0. The van der Waals surface area contributed by atoms with Gasteiger partial charge in [0, 0.05) is 6.61 Å². The third-order valence-corrected chi connectivity index (χ3v) is 1.76. The van der Waals surface area contributed by atoms with E-state index in [0.717, 1.165) is 6.42 Å². The second kappa shape index (κ2) is 5.50. The zero-order valence-corrected chi connectivity index (χ0v) is 8.13. The van der Waals surface area contributed by atoms with Crippen LogP contribution in [-0.2, 0) is 4.74 Å². The number of rotatable bonds is 5. The van der Waals surface area contributed by atoms with E-state index in [9.17, 15) is 9.18 Å². The predicted octanol–water partition coefficient (Wildman–Crippen LogP) is 2.44. The zero-order chi connectivity index (χ0) is 10.4. The molecule has 0 aromatic heterocycles. The number of Topliss-reactive ketones (excluding diaryl/α,β-unsaturated/α-hetero) is 1. The molecule has 0 atom stereocenters. The van der Waals surface area contributed by atoms with E-state index in [4.69, 9.17) is 4.74 Å². The number of carbonyl (C=O) groups excluding carboxylic acids is 1. The molecule has 76 valence electrons. The molecule has 2 nitrogen and oxygen atoms in total. The summed E-state index contributed by atoms with van der Waals surface area (Å²) < 4.78 is 18.1. The Balaban J connectivity index is 2.56. The minimum atomic E-state index is -0.488. The molecule has 3 heteroatoms. The molecule has 0 spiro atoms. The van der Waals surface area contributed by atoms with Crippen molar-refractivity contribution in [2.45, 2.75) is 13.3 Å². The lowest BCUT2D eigenvalue weighted by molar-refractivity contribution is 0.0757. The Morgan fingerprint density at radius 3 is 2.79 bits per heavy atom. The van der Waals surface area contributed by atoms with E-state index in [2.05, 4.69) is 0 Å². The highest BCUT2D eigenvalue weighted by molar-refractivity contribution is 5.97. The van der Waals surface area contributed by atoms with E-state index in [1.165, 1.54) is 12.1 Å². The summed E-state index contributed by atoms with van der Waals surface area (Å²) in [5, 5.41) is 0. The topological polar surface area (TPSA) is 26.3 Å². The van der Waals surface area contributed by atoms with Gasteiger partial charge in [0.05, 0.1) is 5.56 Å². The van der Waals surface area contributed by atoms with E-state index in [1.54, 1.807) is 12.1 Å². The number of hydrogen-bond acceptors (Lipinski definition) is 2. The summed E-state index contributed by atoms with van der Waals surface area (Å²) in [6, 6.07) is 5.93. The first-order chi connectivity index (χ1) is 6.75. The number of carbonyl (C=O) groups is 1. The van der Waals surface area contributed by atoms with Gasteiger partial charge in [-0.1, -0.05) is 19.1 Å². The van der Waals surface area contributed by atoms with Crippen molar-refractivity contribution in [3.05, 3.63) is 35.6 Å². The third-order valence-electron chi connectivity index (χ3n) is 1.76. The smallest absolute Gasteiger partial charge is 0.191 e. The molecule has 0 heterocycles. The van der Waals surface area contributed by atoms with Gasteiger partial charge < -0.3 is 4.74 Å². The van der Waals surface area contributed by atoms with Crippen LogP contribution in [0, 0.1) is 5.82 Å². The Bertz CT molecular complexity index is 310. The summed E-state index contributed by atoms with van der Waals surface area (Å²) in [7, 11) is 0. The van der Waals surface area contributed by atoms with E-state index >= 15 is 0 Å². The molecule has 0 radical (unpaired) electrons. The van der Waals surface area contributed by atoms with Crippen LogP contribution in [0.3, 0.4) is 0 Å². The fraction of sp³-hybridized carbons (Fsp3) is 0.364. The summed E-state index contributed by atoms with van der Waals surface area (Å²) in [4.78, 5) is 11.4. The van der Waals surface area contributed by atoms with Gasteiger partial charge in [0.15, 0.2) is 5.78 Å². The molecular weight excluding hydrogens is 183 g/mol. The second-order valence-electron chi connectivity index (χ2n) is 2.96. The fourth-order valence-electron chi connectivity index (χ4n) is 1.07. The van der Waals surface area contributed by atoms with Crippen molar-refractivity contribution in [1.29, 1.82) is 0 Å². The molecule has 0 aliphatic rings. The molecule has 1 aromatic carbocycles. The van der Waals surface area contributed by atoms with Crippen LogP contribution in [0.1, 0.15) is 23.7 Å². The Hall–Kier alpha value is -1.22. The average Bonchev–Trinajstić information content (AvgIpc) is 2.18. The largest absolute Gasteiger partial charge is 0.373 e. The van der Waals surface area contributed by atoms with Gasteiger partial charge in [0.2, 0.25) is 0 Å². The fourth-order valence-corrected chi connectivity index (χ4v) is 1.07. The minimum Gasteiger partial charge on any atom is -0.373 e. The van der Waals surface area contributed by atoms with Crippen LogP contribution in [0.25, 0.3) is 0 Å². The number of ketones is 1. The predicted molar refractivity (Wildman–Crippen MR) is 51.8 cm³/mol. The van der Waals surface area contributed by atoms with Crippen LogP contribution in [0.4, 0.5) is 4.39 Å². The molecule has 0 amide bonds. The molecule has 0 unspecified atom stereocenters. The Kier molecular flexibility index (Phi) is 4.26. The molecule has 1 aromatic rings. The molecule has 0 N–H and O–H groups in total. The van der Waals surface area contributed by atoms with Gasteiger partial charge in [-0.15, -0.1) is 0 Å². The van der Waals surface area contributed by atoms with Crippen LogP contribution in [0.15, 0.2) is 24.3 Å². The Morgan fingerprint density at radius 2 is 2.14 bits per heavy atom. The molecule has 1 rings (SSSR count). The van der Waals surface area contributed by atoms with Gasteiger partial charge in [0.25, 0.3) is 0 Å². The van der Waals surface area contributed by atoms with E-state index in [1.807, 2.05) is 6.92 Å². The monoisotopic (exact) mass is 196 g/mol. The summed E-state index contributed by atoms with van der Waals surface area (Å²) in [5.74, 6) is -0.797. The van der Waals surface area contributed by atoms with Crippen molar-refractivity contribution in [3.8, 4) is 0 Å². The van der Waals surface area contributed by atoms with E-state index in [-0.39, 0.29) is 18.0 Å². The molecule has 0 saturated heterocycles. The van der Waals surface area contributed by atoms with Gasteiger partial charge in [-0.3, -0.25) is 4.79 Å². The van der Waals surface area contributed by atoms with Crippen LogP contribution < -0.4 is 0 Å². The van der Waals surface area contributed by atoms with Gasteiger partial charge in [-0.05, 0) is 18.6 Å². The zero-order valence-electron chi connectivity index (χ0n) is 8.13. The molecule has 14 heavy (non-hydrogen) atoms. The SMILES string of the molecule is CCCOCC(=O)c1ccccc1F. The number of halogens is 1. The second-order valence-corrected chi connectivity index (χ2v) is 2.96. The van der Waals surface area contributed by atoms with Crippen LogP contribution >= 0.6 is 0 Å². The van der Waals surface area contributed by atoms with Crippen molar-refractivity contribution in [2.24, 2.45) is 0 Å². The van der Waals surface area contributed by atoms with Gasteiger partial charge in [-0.2, -0.15) is 0 Å². The summed E-state index contributed by atoms with van der Waals surface area (Å²) in [6.45, 7) is 2.43. The summed E-state index contributed by atoms with van der Waals surface area (Å²) >= 11 is 0. The Labute approximate surface area is 82.7 Å². The lowest BCUT2D eigenvalue weighted by Gasteiger charge is -2.02. The van der Waals surface area contributed by atoms with Crippen molar-refractivity contribution in [1.82, 2.24) is 0 Å². The molecule has 0 bridgehead atoms. The molecule has 0 aliphatic carbocycles. The average molecular weight is 196 g/mol. The number of ether oxygens (including phenoxy) is 1. The first-order valence-electron chi connectivity index (χ1n) is 4.61. The standard InChI is InChI=1S/C11H13FO2/c1-2-7-14-8-11(13)9-5-3-4-6-10(9)12/h3-6H,2,7-8H2,1H3. The first-order valence-corrected chi connectivity index (χ1v) is 4.61. The third kappa shape index (κ3) is 2.92. The van der Waals surface area contributed by atoms with Gasteiger partial charge >= 0.3 is 0 Å². The van der Waals surface area contributed by atoms with Crippen molar-refractivity contribution < 1.29 is 13.9 Å². The molecular formula is C11H13FO2. The summed E-state index contributed by atoms with van der Waals surface area (Å²) in [5.41, 5.74) is 0.101. The highest BCUT2D eigenvalue weighted by Gasteiger charge is 2.09. The van der Waals surface area contributed by atoms with Crippen LogP contribution in [0.2, 0.25) is 0 Å². The molecule has 0 saturated carbocycles. The van der Waals surface area contributed by atoms with Crippen LogP contribution in [0.5, 0.6) is 0 Å². The lowest BCUT2D eigenvalue weighted by Crippen LogP contribution is -2.11. The Morgan fingerprint density at radius 1 is 1.43 bits per heavy atom. The van der Waals surface area contributed by atoms with Crippen molar-refractivity contribution in [2.75, 3.05) is 13.2 Å². The highest BCUT2D eigenvalue weighted by Crippen LogP contribution is 2.07. The van der Waals surface area contributed by atoms with E-state index < -0.39 is 5.82 Å². The van der Waals surface area contributed by atoms with Crippen molar-refractivity contribution >= 4 is 5.78 Å². The lowest BCUT2D eigenvalue weighted by atomic mass is 10.1. The van der Waals surface area contributed by atoms with Gasteiger partial charge in [-0.25, -0.2) is 4.39 Å².